The van der Waals surface area contributed by atoms with Gasteiger partial charge < -0.3 is 14.8 Å². The van der Waals surface area contributed by atoms with Crippen molar-refractivity contribution >= 4 is 21.6 Å². The van der Waals surface area contributed by atoms with E-state index in [0.717, 1.165) is 19.4 Å². The molecule has 8 heteroatoms. The Hall–Kier alpha value is -2.94. The van der Waals surface area contributed by atoms with Crippen LogP contribution in [0.1, 0.15) is 23.2 Å². The number of amides is 1. The topological polar surface area (TPSA) is 84.9 Å². The molecule has 2 aromatic carbocycles. The van der Waals surface area contributed by atoms with E-state index in [-0.39, 0.29) is 30.0 Å². The molecule has 2 aromatic rings. The Morgan fingerprint density at radius 1 is 1.09 bits per heavy atom. The van der Waals surface area contributed by atoms with Gasteiger partial charge in [0, 0.05) is 30.9 Å². The molecule has 0 radical (unpaired) electrons. The number of ether oxygens (including phenoxy) is 2. The van der Waals surface area contributed by atoms with Gasteiger partial charge in [-0.05, 0) is 61.4 Å². The van der Waals surface area contributed by atoms with Gasteiger partial charge in [0.05, 0.1) is 11.0 Å². The van der Waals surface area contributed by atoms with E-state index in [9.17, 15) is 13.2 Å². The molecule has 1 aliphatic heterocycles. The summed E-state index contributed by atoms with van der Waals surface area (Å²) in [7, 11) is -3.68. The highest BCUT2D eigenvalue weighted by Crippen LogP contribution is 2.20. The molecule has 1 heterocycles. The van der Waals surface area contributed by atoms with Crippen molar-refractivity contribution < 1.29 is 22.7 Å². The van der Waals surface area contributed by atoms with E-state index in [4.69, 9.17) is 9.47 Å². The van der Waals surface area contributed by atoms with E-state index in [2.05, 4.69) is 18.5 Å². The fraction of sp³-hybridized carbons (Fsp3) is 0.292. The highest BCUT2D eigenvalue weighted by molar-refractivity contribution is 7.89. The first kappa shape index (κ1) is 23.7. The summed E-state index contributed by atoms with van der Waals surface area (Å²) in [6.07, 6.45) is 5.23. The van der Waals surface area contributed by atoms with Crippen LogP contribution in [0.4, 0.5) is 5.69 Å². The summed E-state index contributed by atoms with van der Waals surface area (Å²) >= 11 is 0. The smallest absolute Gasteiger partial charge is 0.255 e. The maximum atomic E-state index is 12.8. The van der Waals surface area contributed by atoms with Crippen LogP contribution >= 0.6 is 0 Å². The van der Waals surface area contributed by atoms with E-state index >= 15 is 0 Å². The number of benzene rings is 2. The molecular formula is C24H28N2O5S. The van der Waals surface area contributed by atoms with Crippen LogP contribution in [-0.4, -0.2) is 51.0 Å². The minimum atomic E-state index is -3.68. The lowest BCUT2D eigenvalue weighted by Gasteiger charge is -2.19. The van der Waals surface area contributed by atoms with Gasteiger partial charge in [-0.1, -0.05) is 12.2 Å². The molecule has 1 amide bonds. The summed E-state index contributed by atoms with van der Waals surface area (Å²) in [6, 6.07) is 12.9. The Morgan fingerprint density at radius 3 is 2.31 bits per heavy atom. The minimum Gasteiger partial charge on any atom is -0.491 e. The Morgan fingerprint density at radius 2 is 1.75 bits per heavy atom. The monoisotopic (exact) mass is 456 g/mol. The van der Waals surface area contributed by atoms with E-state index in [1.807, 2.05) is 0 Å². The summed E-state index contributed by atoms with van der Waals surface area (Å²) in [5.41, 5.74) is 0.959. The Labute approximate surface area is 189 Å². The predicted octanol–water partition coefficient (Wildman–Crippen LogP) is 3.86. The Bertz CT molecular complexity index is 1020. The number of hydrogen-bond donors (Lipinski definition) is 1. The molecule has 32 heavy (non-hydrogen) atoms. The van der Waals surface area contributed by atoms with Gasteiger partial charge in [-0.2, -0.15) is 4.31 Å². The lowest BCUT2D eigenvalue weighted by atomic mass is 10.2. The maximum Gasteiger partial charge on any atom is 0.255 e. The number of carbonyl (C=O) groups excluding carboxylic acids is 1. The van der Waals surface area contributed by atoms with E-state index < -0.39 is 10.0 Å². The first-order valence-electron chi connectivity index (χ1n) is 10.4. The SMILES string of the molecule is C=CCN(CC=C)S(=O)(=O)c1ccc(NC(=O)c2ccc(OCC3CCCO3)cc2)cc1. The van der Waals surface area contributed by atoms with Crippen LogP contribution in [0.25, 0.3) is 0 Å². The van der Waals surface area contributed by atoms with Crippen LogP contribution in [0.2, 0.25) is 0 Å². The van der Waals surface area contributed by atoms with Crippen LogP contribution in [0, 0.1) is 0 Å². The normalized spacial score (nSPS) is 16.0. The summed E-state index contributed by atoms with van der Waals surface area (Å²) < 4.78 is 38.0. The molecule has 1 fully saturated rings. The van der Waals surface area contributed by atoms with E-state index in [1.165, 1.54) is 28.6 Å². The van der Waals surface area contributed by atoms with Crippen LogP contribution in [0.5, 0.6) is 5.75 Å². The predicted molar refractivity (Wildman–Crippen MR) is 124 cm³/mol. The van der Waals surface area contributed by atoms with Crippen molar-refractivity contribution in [2.45, 2.75) is 23.8 Å². The van der Waals surface area contributed by atoms with Gasteiger partial charge in [-0.25, -0.2) is 8.42 Å². The second kappa shape index (κ2) is 11.1. The largest absolute Gasteiger partial charge is 0.491 e. The van der Waals surface area contributed by atoms with Crippen molar-refractivity contribution in [3.8, 4) is 5.75 Å². The number of nitrogens with one attached hydrogen (secondary N) is 1. The second-order valence-corrected chi connectivity index (χ2v) is 9.29. The molecule has 7 nitrogen and oxygen atoms in total. The lowest BCUT2D eigenvalue weighted by Crippen LogP contribution is -2.31. The van der Waals surface area contributed by atoms with Crippen LogP contribution in [0.15, 0.2) is 78.7 Å². The van der Waals surface area contributed by atoms with Crippen molar-refractivity contribution in [1.82, 2.24) is 4.31 Å². The Kier molecular flexibility index (Phi) is 8.21. The number of sulfonamides is 1. The summed E-state index contributed by atoms with van der Waals surface area (Å²) in [4.78, 5) is 12.7. The highest BCUT2D eigenvalue weighted by atomic mass is 32.2. The van der Waals surface area contributed by atoms with E-state index in [1.54, 1.807) is 36.4 Å². The molecule has 1 aliphatic rings. The first-order valence-corrected chi connectivity index (χ1v) is 11.9. The number of rotatable bonds is 11. The fourth-order valence-corrected chi connectivity index (χ4v) is 4.67. The molecule has 1 atom stereocenters. The molecular weight excluding hydrogens is 428 g/mol. The fourth-order valence-electron chi connectivity index (χ4n) is 3.29. The minimum absolute atomic E-state index is 0.130. The molecule has 0 aromatic heterocycles. The summed E-state index contributed by atoms with van der Waals surface area (Å²) in [5.74, 6) is 0.376. The van der Waals surface area contributed by atoms with Crippen molar-refractivity contribution in [3.05, 3.63) is 79.4 Å². The third-order valence-electron chi connectivity index (χ3n) is 4.99. The molecule has 0 aliphatic carbocycles. The van der Waals surface area contributed by atoms with Gasteiger partial charge in [0.15, 0.2) is 0 Å². The van der Waals surface area contributed by atoms with Gasteiger partial charge >= 0.3 is 0 Å². The Balaban J connectivity index is 1.60. The summed E-state index contributed by atoms with van der Waals surface area (Å²) in [5, 5.41) is 2.77. The lowest BCUT2D eigenvalue weighted by molar-refractivity contribution is 0.0679. The zero-order valence-corrected chi connectivity index (χ0v) is 18.7. The van der Waals surface area contributed by atoms with Crippen LogP contribution in [-0.2, 0) is 14.8 Å². The molecule has 1 unspecified atom stereocenters. The molecule has 1 saturated heterocycles. The zero-order valence-electron chi connectivity index (χ0n) is 17.9. The van der Waals surface area contributed by atoms with Crippen molar-refractivity contribution in [1.29, 1.82) is 0 Å². The summed E-state index contributed by atoms with van der Waals surface area (Å²) in [6.45, 7) is 8.83. The van der Waals surface area contributed by atoms with E-state index in [0.29, 0.717) is 23.6 Å². The standard InChI is InChI=1S/C24H28N2O5S/c1-3-15-26(16-4-2)32(28,29)23-13-9-20(10-14-23)25-24(27)19-7-11-21(12-8-19)31-18-22-6-5-17-30-22/h3-4,7-14,22H,1-2,5-6,15-18H2,(H,25,27). The van der Waals surface area contributed by atoms with Gasteiger partial charge in [0.25, 0.3) is 5.91 Å². The molecule has 0 bridgehead atoms. The number of hydrogen-bond acceptors (Lipinski definition) is 5. The third-order valence-corrected chi connectivity index (χ3v) is 6.84. The zero-order chi connectivity index (χ0) is 23.0. The molecule has 170 valence electrons. The van der Waals surface area contributed by atoms with Gasteiger partial charge in [-0.3, -0.25) is 4.79 Å². The quantitative estimate of drug-likeness (QED) is 0.519. The van der Waals surface area contributed by atoms with Crippen molar-refractivity contribution in [3.63, 3.8) is 0 Å². The second-order valence-electron chi connectivity index (χ2n) is 7.35. The third kappa shape index (κ3) is 6.06. The van der Waals surface area contributed by atoms with Crippen molar-refractivity contribution in [2.75, 3.05) is 31.6 Å². The molecule has 0 saturated carbocycles. The average molecular weight is 457 g/mol. The maximum absolute atomic E-state index is 12.8. The number of anilines is 1. The van der Waals surface area contributed by atoms with Crippen LogP contribution < -0.4 is 10.1 Å². The number of carbonyl (C=O) groups is 1. The van der Waals surface area contributed by atoms with Gasteiger partial charge in [0.2, 0.25) is 10.0 Å². The highest BCUT2D eigenvalue weighted by Gasteiger charge is 2.22. The first-order chi connectivity index (χ1) is 15.4. The number of nitrogens with zero attached hydrogens (tertiary/aromatic N) is 1. The molecule has 0 spiro atoms. The van der Waals surface area contributed by atoms with Crippen molar-refractivity contribution in [2.24, 2.45) is 0 Å². The molecule has 3 rings (SSSR count). The van der Waals surface area contributed by atoms with Gasteiger partial charge in [0.1, 0.15) is 12.4 Å². The van der Waals surface area contributed by atoms with Gasteiger partial charge in [-0.15, -0.1) is 13.2 Å². The van der Waals surface area contributed by atoms with Crippen LogP contribution in [0.3, 0.4) is 0 Å². The molecule has 1 N–H and O–H groups in total. The average Bonchev–Trinajstić information content (AvgIpc) is 3.32.